The average Bonchev–Trinajstić information content (AvgIpc) is 3.24. The molecule has 7 nitrogen and oxygen atoms in total. The largest absolute Gasteiger partial charge is 0.487 e. The van der Waals surface area contributed by atoms with Crippen LogP contribution in [-0.2, 0) is 6.54 Å². The molecule has 184 valence electrons. The molecule has 0 saturated heterocycles. The Hall–Kier alpha value is -2.49. The number of hydrogen-bond acceptors (Lipinski definition) is 3. The Labute approximate surface area is 219 Å². The summed E-state index contributed by atoms with van der Waals surface area (Å²) >= 11 is 0. The van der Waals surface area contributed by atoms with Gasteiger partial charge in [0.15, 0.2) is 5.96 Å². The highest BCUT2D eigenvalue weighted by molar-refractivity contribution is 14.0. The molecule has 1 unspecified atom stereocenters. The summed E-state index contributed by atoms with van der Waals surface area (Å²) in [6.07, 6.45) is 5.63. The normalized spacial score (nSPS) is 18.5. The first kappa shape index (κ1) is 26.1. The summed E-state index contributed by atoms with van der Waals surface area (Å²) in [7, 11) is 1.80. The molecule has 1 heterocycles. The van der Waals surface area contributed by atoms with Gasteiger partial charge in [-0.05, 0) is 63.3 Å². The van der Waals surface area contributed by atoms with Crippen molar-refractivity contribution in [2.24, 2.45) is 4.99 Å². The van der Waals surface area contributed by atoms with Crippen molar-refractivity contribution in [3.05, 3.63) is 59.7 Å². The van der Waals surface area contributed by atoms with E-state index in [0.29, 0.717) is 6.54 Å². The molecule has 1 aliphatic carbocycles. The van der Waals surface area contributed by atoms with E-state index >= 15 is 0 Å². The van der Waals surface area contributed by atoms with Crippen molar-refractivity contribution < 1.29 is 9.53 Å². The van der Waals surface area contributed by atoms with Crippen LogP contribution in [0.15, 0.2) is 53.5 Å². The molecule has 2 amide bonds. The number of urea groups is 1. The van der Waals surface area contributed by atoms with E-state index in [2.05, 4.69) is 44.5 Å². The number of ether oxygens (including phenoxy) is 1. The molecule has 1 fully saturated rings. The summed E-state index contributed by atoms with van der Waals surface area (Å²) in [5, 5.41) is 12.7. The number of benzene rings is 2. The topological polar surface area (TPSA) is 86.8 Å². The Balaban J connectivity index is 0.00000324. The molecular weight excluding hydrogens is 541 g/mol. The molecule has 2 aromatic carbocycles. The zero-order valence-electron chi connectivity index (χ0n) is 20.2. The summed E-state index contributed by atoms with van der Waals surface area (Å²) in [6, 6.07) is 16.2. The third-order valence-electron chi connectivity index (χ3n) is 6.34. The molecule has 0 radical (unpaired) electrons. The van der Waals surface area contributed by atoms with Crippen LogP contribution in [0.3, 0.4) is 0 Å². The van der Waals surface area contributed by atoms with Gasteiger partial charge in [-0.15, -0.1) is 24.0 Å². The monoisotopic (exact) mass is 577 g/mol. The molecule has 1 atom stereocenters. The Kier molecular flexibility index (Phi) is 9.04. The number of guanidine groups is 1. The van der Waals surface area contributed by atoms with Crippen molar-refractivity contribution >= 4 is 41.7 Å². The van der Waals surface area contributed by atoms with Crippen LogP contribution in [0.4, 0.5) is 10.5 Å². The molecule has 1 saturated carbocycles. The van der Waals surface area contributed by atoms with Gasteiger partial charge < -0.3 is 26.0 Å². The van der Waals surface area contributed by atoms with Gasteiger partial charge in [-0.25, -0.2) is 4.79 Å². The maximum Gasteiger partial charge on any atom is 0.319 e. The minimum Gasteiger partial charge on any atom is -0.487 e. The van der Waals surface area contributed by atoms with Crippen molar-refractivity contribution in [2.75, 3.05) is 12.4 Å². The second kappa shape index (κ2) is 11.8. The number of rotatable bonds is 5. The first-order chi connectivity index (χ1) is 16.0. The highest BCUT2D eigenvalue weighted by Gasteiger charge is 2.43. The van der Waals surface area contributed by atoms with E-state index < -0.39 is 0 Å². The number of carbonyl (C=O) groups is 1. The summed E-state index contributed by atoms with van der Waals surface area (Å²) < 4.78 is 6.48. The van der Waals surface area contributed by atoms with E-state index in [1.165, 1.54) is 18.4 Å². The van der Waals surface area contributed by atoms with Crippen molar-refractivity contribution in [3.63, 3.8) is 0 Å². The Morgan fingerprint density at radius 3 is 2.50 bits per heavy atom. The summed E-state index contributed by atoms with van der Waals surface area (Å²) in [6.45, 7) is 4.50. The first-order valence-electron chi connectivity index (χ1n) is 11.9. The number of carbonyl (C=O) groups excluding carboxylic acids is 1. The number of amides is 2. The number of nitrogens with one attached hydrogen (secondary N) is 4. The van der Waals surface area contributed by atoms with Crippen LogP contribution >= 0.6 is 24.0 Å². The lowest BCUT2D eigenvalue weighted by Gasteiger charge is -2.40. The second-order valence-electron chi connectivity index (χ2n) is 9.31. The number of para-hydroxylation sites is 1. The van der Waals surface area contributed by atoms with Crippen molar-refractivity contribution in [2.45, 2.75) is 70.2 Å². The van der Waals surface area contributed by atoms with Crippen LogP contribution in [0.5, 0.6) is 5.75 Å². The lowest BCUT2D eigenvalue weighted by atomic mass is 9.86. The number of anilines is 1. The predicted molar refractivity (Wildman–Crippen MR) is 148 cm³/mol. The second-order valence-corrected chi connectivity index (χ2v) is 9.31. The lowest BCUT2D eigenvalue weighted by Crippen LogP contribution is -2.46. The van der Waals surface area contributed by atoms with Crippen LogP contribution < -0.4 is 26.0 Å². The number of aliphatic imine (C=N–C) groups is 1. The molecule has 8 heteroatoms. The van der Waals surface area contributed by atoms with Gasteiger partial charge in [-0.1, -0.05) is 30.3 Å². The maximum absolute atomic E-state index is 11.9. The molecule has 34 heavy (non-hydrogen) atoms. The minimum absolute atomic E-state index is 0. The minimum atomic E-state index is -0.197. The van der Waals surface area contributed by atoms with Crippen LogP contribution in [0, 0.1) is 0 Å². The van der Waals surface area contributed by atoms with Gasteiger partial charge in [-0.2, -0.15) is 0 Å². The molecule has 4 rings (SSSR count). The fraction of sp³-hybridized carbons (Fsp3) is 0.462. The van der Waals surface area contributed by atoms with Crippen molar-refractivity contribution in [1.82, 2.24) is 16.0 Å². The van der Waals surface area contributed by atoms with E-state index in [0.717, 1.165) is 42.2 Å². The average molecular weight is 578 g/mol. The summed E-state index contributed by atoms with van der Waals surface area (Å²) in [5.74, 6) is 1.76. The zero-order chi connectivity index (χ0) is 23.3. The molecule has 0 bridgehead atoms. The van der Waals surface area contributed by atoms with E-state index in [4.69, 9.17) is 4.74 Å². The SMILES string of the molecule is CN=C(NCc1ccc(NC(=O)NC(C)C)cc1)NC1CC2(CCCC2)Oc2ccccc21.I. The molecular formula is C26H36IN5O2. The number of nitrogens with zero attached hydrogens (tertiary/aromatic N) is 1. The van der Waals surface area contributed by atoms with E-state index in [1.54, 1.807) is 7.05 Å². The summed E-state index contributed by atoms with van der Waals surface area (Å²) in [5.41, 5.74) is 3.00. The van der Waals surface area contributed by atoms with Crippen LogP contribution in [0.25, 0.3) is 0 Å². The molecule has 2 aromatic rings. The van der Waals surface area contributed by atoms with E-state index in [1.807, 2.05) is 44.2 Å². The fourth-order valence-electron chi connectivity index (χ4n) is 4.75. The first-order valence-corrected chi connectivity index (χ1v) is 11.9. The smallest absolute Gasteiger partial charge is 0.319 e. The third kappa shape index (κ3) is 6.55. The molecule has 0 aromatic heterocycles. The van der Waals surface area contributed by atoms with Gasteiger partial charge in [-0.3, -0.25) is 4.99 Å². The predicted octanol–water partition coefficient (Wildman–Crippen LogP) is 5.34. The Morgan fingerprint density at radius 1 is 1.12 bits per heavy atom. The van der Waals surface area contributed by atoms with Crippen LogP contribution in [0.2, 0.25) is 0 Å². The van der Waals surface area contributed by atoms with Gasteiger partial charge in [0.1, 0.15) is 11.4 Å². The lowest BCUT2D eigenvalue weighted by molar-refractivity contribution is 0.0396. The highest BCUT2D eigenvalue weighted by atomic mass is 127. The molecule has 1 aliphatic heterocycles. The van der Waals surface area contributed by atoms with Gasteiger partial charge in [0.25, 0.3) is 0 Å². The van der Waals surface area contributed by atoms with E-state index in [9.17, 15) is 4.79 Å². The Bertz CT molecular complexity index is 987. The zero-order valence-corrected chi connectivity index (χ0v) is 22.5. The standard InChI is InChI=1S/C26H35N5O2.HI/c1-18(2)29-25(32)30-20-12-10-19(11-13-20)17-28-24(27-3)31-22-16-26(14-6-7-15-26)33-23-9-5-4-8-21(22)23;/h4-5,8-13,18,22H,6-7,14-17H2,1-3H3,(H2,27,28,31)(H2,29,30,32);1H. The third-order valence-corrected chi connectivity index (χ3v) is 6.34. The molecule has 4 N–H and O–H groups in total. The summed E-state index contributed by atoms with van der Waals surface area (Å²) in [4.78, 5) is 16.3. The highest BCUT2D eigenvalue weighted by Crippen LogP contribution is 2.46. The fourth-order valence-corrected chi connectivity index (χ4v) is 4.75. The van der Waals surface area contributed by atoms with E-state index in [-0.39, 0.29) is 47.7 Å². The maximum atomic E-state index is 11.9. The van der Waals surface area contributed by atoms with Gasteiger partial charge in [0.05, 0.1) is 6.04 Å². The number of fused-ring (bicyclic) bond motifs is 1. The number of halogens is 1. The molecule has 2 aliphatic rings. The van der Waals surface area contributed by atoms with Crippen LogP contribution in [-0.4, -0.2) is 30.7 Å². The number of hydrogen-bond donors (Lipinski definition) is 4. The van der Waals surface area contributed by atoms with Crippen molar-refractivity contribution in [1.29, 1.82) is 0 Å². The van der Waals surface area contributed by atoms with Gasteiger partial charge >= 0.3 is 6.03 Å². The van der Waals surface area contributed by atoms with Gasteiger partial charge in [0.2, 0.25) is 0 Å². The Morgan fingerprint density at radius 2 is 1.82 bits per heavy atom. The van der Waals surface area contributed by atoms with Crippen LogP contribution in [0.1, 0.15) is 63.1 Å². The van der Waals surface area contributed by atoms with Gasteiger partial charge in [0, 0.05) is 37.3 Å². The molecule has 1 spiro atoms. The quantitative estimate of drug-likeness (QED) is 0.220. The van der Waals surface area contributed by atoms with Crippen molar-refractivity contribution in [3.8, 4) is 5.75 Å².